The van der Waals surface area contributed by atoms with E-state index in [-0.39, 0.29) is 5.82 Å². The highest BCUT2D eigenvalue weighted by atomic mass is 19.1. The van der Waals surface area contributed by atoms with Crippen molar-refractivity contribution in [2.75, 3.05) is 0 Å². The lowest BCUT2D eigenvalue weighted by molar-refractivity contribution is 0.612. The van der Waals surface area contributed by atoms with Gasteiger partial charge in [-0.05, 0) is 30.2 Å². The molecule has 0 fully saturated rings. The Kier molecular flexibility index (Phi) is 3.77. The predicted octanol–water partition coefficient (Wildman–Crippen LogP) is 2.21. The largest absolute Gasteiger partial charge is 0.309 e. The van der Waals surface area contributed by atoms with Crippen molar-refractivity contribution in [3.8, 4) is 0 Å². The summed E-state index contributed by atoms with van der Waals surface area (Å²) in [6.07, 6.45) is 4.70. The number of aryl methyl sites for hydroxylation is 1. The van der Waals surface area contributed by atoms with E-state index >= 15 is 0 Å². The molecular formula is C13H14FN3. The van der Waals surface area contributed by atoms with Gasteiger partial charge in [-0.2, -0.15) is 0 Å². The number of rotatable bonds is 4. The topological polar surface area (TPSA) is 37.8 Å². The molecule has 0 aliphatic heterocycles. The molecule has 0 bridgehead atoms. The first-order valence-electron chi connectivity index (χ1n) is 5.46. The van der Waals surface area contributed by atoms with Gasteiger partial charge in [-0.25, -0.2) is 4.39 Å². The summed E-state index contributed by atoms with van der Waals surface area (Å²) >= 11 is 0. The zero-order valence-corrected chi connectivity index (χ0v) is 9.65. The molecule has 0 amide bonds. The van der Waals surface area contributed by atoms with Gasteiger partial charge in [0.2, 0.25) is 0 Å². The quantitative estimate of drug-likeness (QED) is 0.876. The van der Waals surface area contributed by atoms with Crippen LogP contribution in [-0.4, -0.2) is 9.97 Å². The second kappa shape index (κ2) is 5.50. The minimum atomic E-state index is -0.304. The summed E-state index contributed by atoms with van der Waals surface area (Å²) in [6, 6.07) is 5.48. The average Bonchev–Trinajstić information content (AvgIpc) is 2.32. The van der Waals surface area contributed by atoms with Crippen LogP contribution in [0.25, 0.3) is 0 Å². The van der Waals surface area contributed by atoms with Gasteiger partial charge >= 0.3 is 0 Å². The molecule has 0 aliphatic rings. The number of nitrogens with one attached hydrogen (secondary N) is 1. The molecule has 0 atom stereocenters. The third-order valence-corrected chi connectivity index (χ3v) is 2.39. The number of hydrogen-bond acceptors (Lipinski definition) is 3. The summed E-state index contributed by atoms with van der Waals surface area (Å²) in [4.78, 5) is 8.00. The lowest BCUT2D eigenvalue weighted by Gasteiger charge is -2.04. The van der Waals surface area contributed by atoms with Crippen LogP contribution in [0.5, 0.6) is 0 Å². The summed E-state index contributed by atoms with van der Waals surface area (Å²) in [7, 11) is 0. The van der Waals surface area contributed by atoms with Gasteiger partial charge in [0, 0.05) is 31.2 Å². The van der Waals surface area contributed by atoms with Crippen molar-refractivity contribution < 1.29 is 4.39 Å². The first kappa shape index (κ1) is 11.7. The van der Waals surface area contributed by atoms with Crippen LogP contribution >= 0.6 is 0 Å². The zero-order valence-electron chi connectivity index (χ0n) is 9.65. The Morgan fingerprint density at radius 1 is 1.12 bits per heavy atom. The van der Waals surface area contributed by atoms with Crippen LogP contribution in [0.2, 0.25) is 0 Å². The van der Waals surface area contributed by atoms with E-state index in [0.717, 1.165) is 16.8 Å². The third-order valence-electron chi connectivity index (χ3n) is 2.39. The van der Waals surface area contributed by atoms with Crippen LogP contribution in [-0.2, 0) is 13.1 Å². The van der Waals surface area contributed by atoms with Crippen LogP contribution < -0.4 is 5.32 Å². The molecule has 0 aromatic carbocycles. The maximum absolute atomic E-state index is 12.9. The molecule has 2 rings (SSSR count). The van der Waals surface area contributed by atoms with Crippen molar-refractivity contribution in [2.24, 2.45) is 0 Å². The Morgan fingerprint density at radius 3 is 2.65 bits per heavy atom. The van der Waals surface area contributed by atoms with Gasteiger partial charge < -0.3 is 5.32 Å². The van der Waals surface area contributed by atoms with Crippen LogP contribution in [0.15, 0.2) is 36.8 Å². The molecule has 0 saturated carbocycles. The van der Waals surface area contributed by atoms with E-state index in [4.69, 9.17) is 0 Å². The molecule has 0 aliphatic carbocycles. The van der Waals surface area contributed by atoms with E-state index in [2.05, 4.69) is 15.3 Å². The molecule has 4 heteroatoms. The van der Waals surface area contributed by atoms with E-state index in [9.17, 15) is 4.39 Å². The predicted molar refractivity (Wildman–Crippen MR) is 63.7 cm³/mol. The molecule has 2 heterocycles. The van der Waals surface area contributed by atoms with E-state index in [0.29, 0.717) is 13.1 Å². The van der Waals surface area contributed by atoms with Crippen LogP contribution in [0, 0.1) is 12.7 Å². The minimum absolute atomic E-state index is 0.304. The van der Waals surface area contributed by atoms with Gasteiger partial charge in [-0.15, -0.1) is 0 Å². The smallest absolute Gasteiger partial charge is 0.141 e. The first-order chi connectivity index (χ1) is 8.24. The molecule has 0 radical (unpaired) electrons. The van der Waals surface area contributed by atoms with Gasteiger partial charge in [0.05, 0.1) is 6.20 Å². The molecule has 2 aromatic rings. The summed E-state index contributed by atoms with van der Waals surface area (Å²) in [5.41, 5.74) is 2.95. The molecule has 2 aromatic heterocycles. The van der Waals surface area contributed by atoms with E-state index in [1.165, 1.54) is 12.3 Å². The molecule has 1 N–H and O–H groups in total. The van der Waals surface area contributed by atoms with Crippen molar-refractivity contribution in [2.45, 2.75) is 20.0 Å². The Bertz CT molecular complexity index is 482. The van der Waals surface area contributed by atoms with Crippen molar-refractivity contribution in [1.29, 1.82) is 0 Å². The number of hydrogen-bond donors (Lipinski definition) is 1. The van der Waals surface area contributed by atoms with Crippen molar-refractivity contribution in [3.63, 3.8) is 0 Å². The molecule has 0 unspecified atom stereocenters. The normalized spacial score (nSPS) is 10.5. The minimum Gasteiger partial charge on any atom is -0.309 e. The summed E-state index contributed by atoms with van der Waals surface area (Å²) in [5, 5.41) is 3.22. The monoisotopic (exact) mass is 231 g/mol. The van der Waals surface area contributed by atoms with E-state index < -0.39 is 0 Å². The summed E-state index contributed by atoms with van der Waals surface area (Å²) in [6.45, 7) is 3.26. The summed E-state index contributed by atoms with van der Waals surface area (Å²) < 4.78 is 12.9. The average molecular weight is 231 g/mol. The number of pyridine rings is 2. The summed E-state index contributed by atoms with van der Waals surface area (Å²) in [5.74, 6) is -0.304. The highest BCUT2D eigenvalue weighted by Gasteiger charge is 1.97. The second-order valence-electron chi connectivity index (χ2n) is 3.92. The van der Waals surface area contributed by atoms with Crippen LogP contribution in [0.4, 0.5) is 4.39 Å². The lowest BCUT2D eigenvalue weighted by Crippen LogP contribution is -2.13. The van der Waals surface area contributed by atoms with Gasteiger partial charge in [-0.3, -0.25) is 9.97 Å². The van der Waals surface area contributed by atoms with Gasteiger partial charge in [0.1, 0.15) is 5.82 Å². The molecule has 0 saturated heterocycles. The lowest BCUT2D eigenvalue weighted by atomic mass is 10.2. The molecular weight excluding hydrogens is 217 g/mol. The molecule has 3 nitrogen and oxygen atoms in total. The second-order valence-corrected chi connectivity index (χ2v) is 3.92. The first-order valence-corrected chi connectivity index (χ1v) is 5.46. The Hall–Kier alpha value is -1.81. The fourth-order valence-electron chi connectivity index (χ4n) is 1.51. The number of halogens is 1. The van der Waals surface area contributed by atoms with Gasteiger partial charge in [-0.1, -0.05) is 6.07 Å². The zero-order chi connectivity index (χ0) is 12.1. The van der Waals surface area contributed by atoms with Crippen molar-refractivity contribution >= 4 is 0 Å². The van der Waals surface area contributed by atoms with Crippen molar-refractivity contribution in [3.05, 3.63) is 59.4 Å². The SMILES string of the molecule is Cc1ccc(CNCc2cncc(F)c2)cn1. The Labute approximate surface area is 99.7 Å². The maximum Gasteiger partial charge on any atom is 0.141 e. The highest BCUT2D eigenvalue weighted by molar-refractivity contribution is 5.14. The molecule has 0 spiro atoms. The van der Waals surface area contributed by atoms with Crippen LogP contribution in [0.1, 0.15) is 16.8 Å². The third kappa shape index (κ3) is 3.60. The van der Waals surface area contributed by atoms with Gasteiger partial charge in [0.15, 0.2) is 0 Å². The van der Waals surface area contributed by atoms with Crippen molar-refractivity contribution in [1.82, 2.24) is 15.3 Å². The standard InChI is InChI=1S/C13H14FN3/c1-10-2-3-11(8-17-10)5-15-6-12-4-13(14)9-16-7-12/h2-4,7-9,15H,5-6H2,1H3. The fraction of sp³-hybridized carbons (Fsp3) is 0.231. The Balaban J connectivity index is 1.85. The van der Waals surface area contributed by atoms with E-state index in [1.54, 1.807) is 6.20 Å². The van der Waals surface area contributed by atoms with Crippen LogP contribution in [0.3, 0.4) is 0 Å². The molecule has 17 heavy (non-hydrogen) atoms. The Morgan fingerprint density at radius 2 is 1.94 bits per heavy atom. The number of aromatic nitrogens is 2. The van der Waals surface area contributed by atoms with Gasteiger partial charge in [0.25, 0.3) is 0 Å². The fourth-order valence-corrected chi connectivity index (χ4v) is 1.51. The number of nitrogens with zero attached hydrogens (tertiary/aromatic N) is 2. The maximum atomic E-state index is 12.9. The van der Waals surface area contributed by atoms with E-state index in [1.807, 2.05) is 25.3 Å². The highest BCUT2D eigenvalue weighted by Crippen LogP contribution is 2.02. The molecule has 88 valence electrons.